The van der Waals surface area contributed by atoms with Crippen molar-refractivity contribution in [2.24, 2.45) is 0 Å². The van der Waals surface area contributed by atoms with Crippen LogP contribution in [0.4, 0.5) is 6.01 Å². The van der Waals surface area contributed by atoms with Gasteiger partial charge in [0.1, 0.15) is 5.75 Å². The number of fused-ring (bicyclic) bond motifs is 1. The number of aryl methyl sites for hydroxylation is 1. The van der Waals surface area contributed by atoms with Gasteiger partial charge in [0.15, 0.2) is 0 Å². The molecule has 0 spiro atoms. The lowest BCUT2D eigenvalue weighted by Crippen LogP contribution is -2.14. The van der Waals surface area contributed by atoms with E-state index in [1.165, 1.54) is 0 Å². The maximum Gasteiger partial charge on any atom is 0.348 e. The highest BCUT2D eigenvalue weighted by Crippen LogP contribution is 2.24. The second-order valence-corrected chi connectivity index (χ2v) is 5.28. The number of ether oxygens (including phenoxy) is 1. The third-order valence-corrected chi connectivity index (χ3v) is 3.05. The van der Waals surface area contributed by atoms with Crippen LogP contribution in [-0.4, -0.2) is 17.6 Å². The Morgan fingerprint density at radius 1 is 1.33 bits per heavy atom. The number of hydrogen-bond acceptors (Lipinski definition) is 5. The Labute approximate surface area is 124 Å². The molecule has 2 rings (SSSR count). The van der Waals surface area contributed by atoms with E-state index in [0.717, 1.165) is 24.2 Å². The summed E-state index contributed by atoms with van der Waals surface area (Å²) in [5.41, 5.74) is 1.15. The first-order valence-electron chi connectivity index (χ1n) is 7.42. The van der Waals surface area contributed by atoms with Crippen LogP contribution in [0.5, 0.6) is 5.75 Å². The second kappa shape index (κ2) is 6.61. The molecule has 114 valence electrons. The van der Waals surface area contributed by atoms with Crippen LogP contribution < -0.4 is 15.7 Å². The lowest BCUT2D eigenvalue weighted by molar-refractivity contribution is 0.317. The predicted molar refractivity (Wildman–Crippen MR) is 84.2 cm³/mol. The molecule has 0 radical (unpaired) electrons. The fourth-order valence-corrected chi connectivity index (χ4v) is 2.14. The number of rotatable bonds is 6. The molecular formula is C16H22N2O3. The van der Waals surface area contributed by atoms with Gasteiger partial charge in [0.2, 0.25) is 0 Å². The molecule has 0 saturated heterocycles. The van der Waals surface area contributed by atoms with Gasteiger partial charge in [-0.15, -0.1) is 0 Å². The summed E-state index contributed by atoms with van der Waals surface area (Å²) in [6.45, 7) is 8.62. The van der Waals surface area contributed by atoms with Gasteiger partial charge in [-0.3, -0.25) is 0 Å². The lowest BCUT2D eigenvalue weighted by atomic mass is 10.1. The van der Waals surface area contributed by atoms with Crippen LogP contribution in [0.1, 0.15) is 39.7 Å². The van der Waals surface area contributed by atoms with Crippen LogP contribution in [0.3, 0.4) is 0 Å². The molecule has 0 aliphatic rings. The van der Waals surface area contributed by atoms with E-state index >= 15 is 0 Å². The van der Waals surface area contributed by atoms with Gasteiger partial charge in [0.05, 0.1) is 17.5 Å². The Hall–Kier alpha value is -2.04. The molecule has 0 amide bonds. The van der Waals surface area contributed by atoms with Crippen molar-refractivity contribution in [2.45, 2.75) is 46.6 Å². The SMILES string of the molecule is CCCOc1cc(CC)c2c(=O)oc(NC(C)C)nc2c1. The topological polar surface area (TPSA) is 64.4 Å². The highest BCUT2D eigenvalue weighted by molar-refractivity contribution is 5.83. The molecule has 0 aliphatic heterocycles. The van der Waals surface area contributed by atoms with Gasteiger partial charge in [0, 0.05) is 12.1 Å². The van der Waals surface area contributed by atoms with Crippen LogP contribution in [0.2, 0.25) is 0 Å². The minimum absolute atomic E-state index is 0.142. The van der Waals surface area contributed by atoms with Crippen molar-refractivity contribution in [1.82, 2.24) is 4.98 Å². The molecule has 21 heavy (non-hydrogen) atoms. The van der Waals surface area contributed by atoms with Gasteiger partial charge in [0.25, 0.3) is 6.01 Å². The average Bonchev–Trinajstić information content (AvgIpc) is 2.43. The van der Waals surface area contributed by atoms with Gasteiger partial charge in [-0.2, -0.15) is 4.98 Å². The van der Waals surface area contributed by atoms with Crippen molar-refractivity contribution >= 4 is 16.9 Å². The molecule has 0 unspecified atom stereocenters. The summed E-state index contributed by atoms with van der Waals surface area (Å²) in [5, 5.41) is 3.56. The quantitative estimate of drug-likeness (QED) is 0.883. The van der Waals surface area contributed by atoms with Gasteiger partial charge < -0.3 is 14.5 Å². The molecule has 0 bridgehead atoms. The molecule has 0 fully saturated rings. The van der Waals surface area contributed by atoms with E-state index in [2.05, 4.69) is 17.2 Å². The zero-order valence-electron chi connectivity index (χ0n) is 13.0. The van der Waals surface area contributed by atoms with Crippen LogP contribution in [0, 0.1) is 0 Å². The van der Waals surface area contributed by atoms with E-state index in [4.69, 9.17) is 9.15 Å². The molecule has 1 aromatic carbocycles. The van der Waals surface area contributed by atoms with Crippen molar-refractivity contribution in [3.63, 3.8) is 0 Å². The number of benzene rings is 1. The molecule has 5 heteroatoms. The van der Waals surface area contributed by atoms with Gasteiger partial charge in [-0.1, -0.05) is 13.8 Å². The number of aromatic nitrogens is 1. The van der Waals surface area contributed by atoms with Crippen LogP contribution in [0.15, 0.2) is 21.3 Å². The highest BCUT2D eigenvalue weighted by atomic mass is 16.5. The van der Waals surface area contributed by atoms with E-state index in [1.54, 1.807) is 6.07 Å². The van der Waals surface area contributed by atoms with Gasteiger partial charge >= 0.3 is 5.63 Å². The van der Waals surface area contributed by atoms with E-state index in [1.807, 2.05) is 26.8 Å². The average molecular weight is 290 g/mol. The zero-order valence-corrected chi connectivity index (χ0v) is 13.0. The summed E-state index contributed by atoms with van der Waals surface area (Å²) in [6, 6.07) is 4.08. The van der Waals surface area contributed by atoms with Gasteiger partial charge in [-0.05, 0) is 38.3 Å². The minimum atomic E-state index is -0.359. The summed E-state index contributed by atoms with van der Waals surface area (Å²) >= 11 is 0. The monoisotopic (exact) mass is 290 g/mol. The molecule has 5 nitrogen and oxygen atoms in total. The third-order valence-electron chi connectivity index (χ3n) is 3.05. The van der Waals surface area contributed by atoms with E-state index in [0.29, 0.717) is 17.5 Å². The molecule has 0 atom stereocenters. The Kier molecular flexibility index (Phi) is 4.83. The zero-order chi connectivity index (χ0) is 15.4. The highest BCUT2D eigenvalue weighted by Gasteiger charge is 2.13. The van der Waals surface area contributed by atoms with E-state index in [-0.39, 0.29) is 17.7 Å². The lowest BCUT2D eigenvalue weighted by Gasteiger charge is -2.11. The minimum Gasteiger partial charge on any atom is -0.494 e. The fraction of sp³-hybridized carbons (Fsp3) is 0.500. The number of nitrogens with zero attached hydrogens (tertiary/aromatic N) is 1. The Morgan fingerprint density at radius 2 is 2.10 bits per heavy atom. The first-order chi connectivity index (χ1) is 10.0. The Balaban J connectivity index is 2.56. The van der Waals surface area contributed by atoms with Crippen LogP contribution in [0.25, 0.3) is 10.9 Å². The van der Waals surface area contributed by atoms with Crippen molar-refractivity contribution in [1.29, 1.82) is 0 Å². The molecular weight excluding hydrogens is 268 g/mol. The summed E-state index contributed by atoms with van der Waals surface area (Å²) in [6.07, 6.45) is 1.66. The Bertz CT molecular complexity index is 677. The van der Waals surface area contributed by atoms with Crippen molar-refractivity contribution in [3.05, 3.63) is 28.1 Å². The molecule has 1 heterocycles. The summed E-state index contributed by atoms with van der Waals surface area (Å²) < 4.78 is 10.9. The Morgan fingerprint density at radius 3 is 2.71 bits per heavy atom. The summed E-state index contributed by atoms with van der Waals surface area (Å²) in [7, 11) is 0. The van der Waals surface area contributed by atoms with E-state index < -0.39 is 0 Å². The summed E-state index contributed by atoms with van der Waals surface area (Å²) in [5.74, 6) is 0.745. The van der Waals surface area contributed by atoms with Crippen molar-refractivity contribution < 1.29 is 9.15 Å². The van der Waals surface area contributed by atoms with Gasteiger partial charge in [-0.25, -0.2) is 4.79 Å². The summed E-state index contributed by atoms with van der Waals surface area (Å²) in [4.78, 5) is 16.6. The fourth-order valence-electron chi connectivity index (χ4n) is 2.14. The number of hydrogen-bond donors (Lipinski definition) is 1. The molecule has 1 N–H and O–H groups in total. The maximum atomic E-state index is 12.2. The predicted octanol–water partition coefficient (Wildman–Crippen LogP) is 3.36. The molecule has 0 saturated carbocycles. The van der Waals surface area contributed by atoms with Crippen molar-refractivity contribution in [3.8, 4) is 5.75 Å². The number of anilines is 1. The number of nitrogens with one attached hydrogen (secondary N) is 1. The van der Waals surface area contributed by atoms with E-state index in [9.17, 15) is 4.79 Å². The largest absolute Gasteiger partial charge is 0.494 e. The third kappa shape index (κ3) is 3.54. The molecule has 1 aromatic heterocycles. The normalized spacial score (nSPS) is 11.1. The van der Waals surface area contributed by atoms with Crippen molar-refractivity contribution in [2.75, 3.05) is 11.9 Å². The molecule has 2 aromatic rings. The standard InChI is InChI=1S/C16H22N2O3/c1-5-7-20-12-8-11(6-2)14-13(9-12)18-16(17-10(3)4)21-15(14)19/h8-10H,5-7H2,1-4H3,(H,17,18). The first-order valence-corrected chi connectivity index (χ1v) is 7.42. The smallest absolute Gasteiger partial charge is 0.348 e. The maximum absolute atomic E-state index is 12.2. The van der Waals surface area contributed by atoms with Crippen LogP contribution in [-0.2, 0) is 6.42 Å². The second-order valence-electron chi connectivity index (χ2n) is 5.28. The van der Waals surface area contributed by atoms with Crippen LogP contribution >= 0.6 is 0 Å². The molecule has 0 aliphatic carbocycles. The first kappa shape index (κ1) is 15.4.